The van der Waals surface area contributed by atoms with Gasteiger partial charge in [0.1, 0.15) is 5.70 Å². The molecule has 1 saturated carbocycles. The number of nitrogens with one attached hydrogen (secondary N) is 1. The maximum atomic E-state index is 12.7. The topological polar surface area (TPSA) is 67.9 Å². The van der Waals surface area contributed by atoms with Crippen molar-refractivity contribution in [3.63, 3.8) is 0 Å². The number of hydrogen-bond donors (Lipinski definition) is 1. The molecule has 2 aliphatic rings. The Kier molecular flexibility index (Phi) is 5.32. The van der Waals surface area contributed by atoms with Crippen LogP contribution >= 0.6 is 15.9 Å². The Bertz CT molecular complexity index is 726. The van der Waals surface area contributed by atoms with Crippen molar-refractivity contribution in [3.05, 3.63) is 27.9 Å². The van der Waals surface area contributed by atoms with E-state index in [1.165, 1.54) is 11.3 Å². The highest BCUT2D eigenvalue weighted by atomic mass is 79.9. The number of nitrogens with zero attached hydrogens (tertiary/aromatic N) is 1. The highest BCUT2D eigenvalue weighted by molar-refractivity contribution is 9.10. The summed E-state index contributed by atoms with van der Waals surface area (Å²) in [6, 6.07) is 3.25. The fourth-order valence-electron chi connectivity index (χ4n) is 3.41. The number of methoxy groups -OCH3 is 2. The van der Waals surface area contributed by atoms with Gasteiger partial charge in [-0.15, -0.1) is 0 Å². The van der Waals surface area contributed by atoms with Crippen LogP contribution in [0.15, 0.2) is 22.3 Å². The van der Waals surface area contributed by atoms with Gasteiger partial charge in [0.2, 0.25) is 0 Å². The number of imide groups is 1. The summed E-state index contributed by atoms with van der Waals surface area (Å²) in [6.45, 7) is 0. The van der Waals surface area contributed by atoms with E-state index in [-0.39, 0.29) is 23.7 Å². The molecule has 3 amide bonds. The second kappa shape index (κ2) is 7.47. The number of ether oxygens (including phenoxy) is 2. The van der Waals surface area contributed by atoms with E-state index in [1.54, 1.807) is 26.4 Å². The molecule has 1 heterocycles. The van der Waals surface area contributed by atoms with Crippen LogP contribution in [0, 0.1) is 0 Å². The first-order valence-electron chi connectivity index (χ1n) is 8.33. The predicted octanol–water partition coefficient (Wildman–Crippen LogP) is 3.69. The van der Waals surface area contributed by atoms with E-state index < -0.39 is 0 Å². The van der Waals surface area contributed by atoms with Gasteiger partial charge < -0.3 is 14.8 Å². The summed E-state index contributed by atoms with van der Waals surface area (Å²) >= 11 is 3.43. The first kappa shape index (κ1) is 17.8. The molecule has 7 heteroatoms. The lowest BCUT2D eigenvalue weighted by molar-refractivity contribution is -0.124. The van der Waals surface area contributed by atoms with Gasteiger partial charge in [-0.2, -0.15) is 0 Å². The van der Waals surface area contributed by atoms with E-state index in [1.807, 2.05) is 6.07 Å². The Balaban J connectivity index is 1.88. The van der Waals surface area contributed by atoms with Crippen LogP contribution in [-0.2, 0) is 4.79 Å². The van der Waals surface area contributed by atoms with Crippen molar-refractivity contribution in [2.24, 2.45) is 0 Å². The van der Waals surface area contributed by atoms with Crippen molar-refractivity contribution in [2.75, 3.05) is 14.2 Å². The third kappa shape index (κ3) is 3.51. The van der Waals surface area contributed by atoms with Crippen molar-refractivity contribution in [1.82, 2.24) is 10.2 Å². The standard InChI is InChI=1S/C18H21BrN2O4/c1-24-15-10-11(8-13(19)16(15)25-2)9-14-17(22)21(18(23)20-14)12-6-4-3-5-7-12/h8-10,12H,3-7H2,1-2H3,(H,20,23)/b14-9-. The molecule has 1 aliphatic heterocycles. The smallest absolute Gasteiger partial charge is 0.329 e. The van der Waals surface area contributed by atoms with Gasteiger partial charge in [-0.25, -0.2) is 4.79 Å². The molecule has 1 aromatic carbocycles. The van der Waals surface area contributed by atoms with Crippen molar-refractivity contribution < 1.29 is 19.1 Å². The number of urea groups is 1. The number of rotatable bonds is 4. The zero-order valence-corrected chi connectivity index (χ0v) is 15.9. The van der Waals surface area contributed by atoms with Gasteiger partial charge in [0.25, 0.3) is 5.91 Å². The third-order valence-corrected chi connectivity index (χ3v) is 5.21. The summed E-state index contributed by atoms with van der Waals surface area (Å²) in [5.74, 6) is 0.864. The number of amides is 3. The van der Waals surface area contributed by atoms with Gasteiger partial charge in [0.15, 0.2) is 11.5 Å². The molecule has 134 valence electrons. The minimum Gasteiger partial charge on any atom is -0.493 e. The minimum absolute atomic E-state index is 0.00397. The average molecular weight is 409 g/mol. The van der Waals surface area contributed by atoms with Crippen LogP contribution in [-0.4, -0.2) is 37.1 Å². The van der Waals surface area contributed by atoms with Crippen LogP contribution < -0.4 is 14.8 Å². The average Bonchev–Trinajstić information content (AvgIpc) is 2.88. The number of carbonyl (C=O) groups is 2. The molecule has 1 aliphatic carbocycles. The van der Waals surface area contributed by atoms with Gasteiger partial charge in [0.05, 0.1) is 18.7 Å². The van der Waals surface area contributed by atoms with E-state index in [9.17, 15) is 9.59 Å². The van der Waals surface area contributed by atoms with Crippen LogP contribution in [0.5, 0.6) is 11.5 Å². The quantitative estimate of drug-likeness (QED) is 0.609. The molecule has 0 radical (unpaired) electrons. The number of benzene rings is 1. The molecule has 25 heavy (non-hydrogen) atoms. The van der Waals surface area contributed by atoms with Gasteiger partial charge >= 0.3 is 6.03 Å². The number of halogens is 1. The van der Waals surface area contributed by atoms with Crippen LogP contribution in [0.4, 0.5) is 4.79 Å². The van der Waals surface area contributed by atoms with Crippen molar-refractivity contribution in [2.45, 2.75) is 38.1 Å². The molecule has 0 atom stereocenters. The van der Waals surface area contributed by atoms with Crippen LogP contribution in [0.2, 0.25) is 0 Å². The molecular formula is C18H21BrN2O4. The summed E-state index contributed by atoms with van der Waals surface area (Å²) in [4.78, 5) is 26.3. The normalized spacial score (nSPS) is 20.1. The first-order chi connectivity index (χ1) is 12.0. The van der Waals surface area contributed by atoms with Crippen molar-refractivity contribution in [3.8, 4) is 11.5 Å². The predicted molar refractivity (Wildman–Crippen MR) is 97.5 cm³/mol. The largest absolute Gasteiger partial charge is 0.493 e. The van der Waals surface area contributed by atoms with Gasteiger partial charge in [-0.1, -0.05) is 19.3 Å². The van der Waals surface area contributed by atoms with E-state index in [2.05, 4.69) is 21.2 Å². The SMILES string of the molecule is COc1cc(/C=C2\NC(=O)N(C3CCCCC3)C2=O)cc(Br)c1OC. The Morgan fingerprint density at radius 2 is 1.88 bits per heavy atom. The first-order valence-corrected chi connectivity index (χ1v) is 9.12. The maximum absolute atomic E-state index is 12.7. The summed E-state index contributed by atoms with van der Waals surface area (Å²) in [5, 5.41) is 2.70. The minimum atomic E-state index is -0.331. The van der Waals surface area contributed by atoms with Crippen molar-refractivity contribution >= 4 is 33.9 Å². The lowest BCUT2D eigenvalue weighted by Gasteiger charge is -2.28. The lowest BCUT2D eigenvalue weighted by Crippen LogP contribution is -2.41. The molecule has 2 fully saturated rings. The molecular weight excluding hydrogens is 388 g/mol. The highest BCUT2D eigenvalue weighted by Crippen LogP contribution is 2.37. The Labute approximate surface area is 155 Å². The molecule has 1 N–H and O–H groups in total. The van der Waals surface area contributed by atoms with Gasteiger partial charge in [0, 0.05) is 6.04 Å². The van der Waals surface area contributed by atoms with Crippen molar-refractivity contribution in [1.29, 1.82) is 0 Å². The molecule has 0 spiro atoms. The van der Waals surface area contributed by atoms with E-state index in [4.69, 9.17) is 9.47 Å². The van der Waals surface area contributed by atoms with Gasteiger partial charge in [-0.3, -0.25) is 9.69 Å². The second-order valence-electron chi connectivity index (χ2n) is 6.19. The highest BCUT2D eigenvalue weighted by Gasteiger charge is 2.38. The summed E-state index contributed by atoms with van der Waals surface area (Å²) in [5.41, 5.74) is 1.02. The number of carbonyl (C=O) groups excluding carboxylic acids is 2. The molecule has 1 aromatic rings. The molecule has 0 bridgehead atoms. The third-order valence-electron chi connectivity index (χ3n) is 4.62. The van der Waals surface area contributed by atoms with E-state index in [0.29, 0.717) is 16.0 Å². The van der Waals surface area contributed by atoms with E-state index >= 15 is 0 Å². The molecule has 0 unspecified atom stereocenters. The van der Waals surface area contributed by atoms with Gasteiger partial charge in [-0.05, 0) is 52.5 Å². The molecule has 6 nitrogen and oxygen atoms in total. The summed E-state index contributed by atoms with van der Waals surface area (Å²) in [7, 11) is 3.11. The second-order valence-corrected chi connectivity index (χ2v) is 7.05. The fraction of sp³-hybridized carbons (Fsp3) is 0.444. The zero-order chi connectivity index (χ0) is 18.0. The zero-order valence-electron chi connectivity index (χ0n) is 14.3. The Morgan fingerprint density at radius 3 is 2.52 bits per heavy atom. The van der Waals surface area contributed by atoms with Crippen LogP contribution in [0.25, 0.3) is 6.08 Å². The number of hydrogen-bond acceptors (Lipinski definition) is 4. The fourth-order valence-corrected chi connectivity index (χ4v) is 4.03. The maximum Gasteiger partial charge on any atom is 0.329 e. The Morgan fingerprint density at radius 1 is 1.16 bits per heavy atom. The van der Waals surface area contributed by atoms with Crippen LogP contribution in [0.3, 0.4) is 0 Å². The summed E-state index contributed by atoms with van der Waals surface area (Å²) < 4.78 is 11.3. The van der Waals surface area contributed by atoms with E-state index in [0.717, 1.165) is 31.2 Å². The molecule has 1 saturated heterocycles. The monoisotopic (exact) mass is 408 g/mol. The molecule has 0 aromatic heterocycles. The summed E-state index contributed by atoms with van der Waals surface area (Å²) in [6.07, 6.45) is 6.72. The molecule has 3 rings (SSSR count). The van der Waals surface area contributed by atoms with Crippen LogP contribution in [0.1, 0.15) is 37.7 Å². The lowest BCUT2D eigenvalue weighted by atomic mass is 9.94. The Hall–Kier alpha value is -2.02.